The number of hydrogen-bond acceptors (Lipinski definition) is 4. The summed E-state index contributed by atoms with van der Waals surface area (Å²) in [6.45, 7) is 4.14. The summed E-state index contributed by atoms with van der Waals surface area (Å²) in [6.07, 6.45) is 8.86. The fourth-order valence-corrected chi connectivity index (χ4v) is 3.90. The second-order valence-electron chi connectivity index (χ2n) is 7.14. The molecular formula is C20H30N2O4S. The maximum Gasteiger partial charge on any atom is 0.240 e. The van der Waals surface area contributed by atoms with Crippen LogP contribution >= 0.6 is 0 Å². The van der Waals surface area contributed by atoms with Crippen molar-refractivity contribution in [1.29, 1.82) is 0 Å². The van der Waals surface area contributed by atoms with Gasteiger partial charge in [-0.3, -0.25) is 9.10 Å². The van der Waals surface area contributed by atoms with Gasteiger partial charge in [0.15, 0.2) is 0 Å². The Balaban J connectivity index is 1.95. The van der Waals surface area contributed by atoms with Gasteiger partial charge in [0, 0.05) is 6.54 Å². The average Bonchev–Trinajstić information content (AvgIpc) is 2.60. The Morgan fingerprint density at radius 2 is 1.93 bits per heavy atom. The van der Waals surface area contributed by atoms with Gasteiger partial charge in [-0.25, -0.2) is 8.42 Å². The maximum absolute atomic E-state index is 12.3. The van der Waals surface area contributed by atoms with Crippen LogP contribution in [0.3, 0.4) is 0 Å². The number of rotatable bonds is 9. The van der Waals surface area contributed by atoms with E-state index in [0.29, 0.717) is 18.0 Å². The molecule has 150 valence electrons. The summed E-state index contributed by atoms with van der Waals surface area (Å²) in [4.78, 5) is 12.3. The summed E-state index contributed by atoms with van der Waals surface area (Å²) in [5, 5.41) is 2.83. The van der Waals surface area contributed by atoms with E-state index in [1.54, 1.807) is 24.3 Å². The molecule has 0 spiro atoms. The standard InChI is InChI=1S/C20H30N2O4S/c1-16(2)26-19-11-9-18(10-12-19)22(27(3,24)25)15-20(23)21-14-13-17-7-5-4-6-8-17/h7,9-12,16H,4-6,8,13-15H2,1-3H3,(H,21,23). The van der Waals surface area contributed by atoms with Gasteiger partial charge < -0.3 is 10.1 Å². The summed E-state index contributed by atoms with van der Waals surface area (Å²) < 4.78 is 31.0. The minimum atomic E-state index is -3.57. The predicted octanol–water partition coefficient (Wildman–Crippen LogP) is 3.25. The molecule has 1 aromatic carbocycles. The van der Waals surface area contributed by atoms with Crippen LogP contribution in [0.15, 0.2) is 35.9 Å². The summed E-state index contributed by atoms with van der Waals surface area (Å²) >= 11 is 0. The SMILES string of the molecule is CC(C)Oc1ccc(N(CC(=O)NCCC2=CCCCC2)S(C)(=O)=O)cc1. The first kappa shape index (κ1) is 21.3. The van der Waals surface area contributed by atoms with Gasteiger partial charge >= 0.3 is 0 Å². The third-order valence-electron chi connectivity index (χ3n) is 4.34. The first-order chi connectivity index (χ1) is 12.8. The van der Waals surface area contributed by atoms with E-state index in [9.17, 15) is 13.2 Å². The largest absolute Gasteiger partial charge is 0.491 e. The zero-order valence-electron chi connectivity index (χ0n) is 16.4. The van der Waals surface area contributed by atoms with E-state index >= 15 is 0 Å². The van der Waals surface area contributed by atoms with Crippen molar-refractivity contribution in [3.63, 3.8) is 0 Å². The van der Waals surface area contributed by atoms with E-state index in [1.165, 1.54) is 18.4 Å². The number of carbonyl (C=O) groups is 1. The average molecular weight is 395 g/mol. The zero-order chi connectivity index (χ0) is 19.9. The molecule has 0 heterocycles. The predicted molar refractivity (Wildman–Crippen MR) is 109 cm³/mol. The first-order valence-electron chi connectivity index (χ1n) is 9.45. The number of benzene rings is 1. The molecule has 1 aliphatic carbocycles. The molecule has 0 fully saturated rings. The van der Waals surface area contributed by atoms with Crippen molar-refractivity contribution in [3.8, 4) is 5.75 Å². The molecule has 1 N–H and O–H groups in total. The number of anilines is 1. The van der Waals surface area contributed by atoms with Crippen molar-refractivity contribution >= 4 is 21.6 Å². The summed E-state index contributed by atoms with van der Waals surface area (Å²) in [6, 6.07) is 6.72. The topological polar surface area (TPSA) is 75.7 Å². The number of nitrogens with one attached hydrogen (secondary N) is 1. The number of ether oxygens (including phenoxy) is 1. The van der Waals surface area contributed by atoms with E-state index in [4.69, 9.17) is 4.74 Å². The number of amides is 1. The molecule has 0 aromatic heterocycles. The van der Waals surface area contributed by atoms with E-state index < -0.39 is 10.0 Å². The molecule has 7 heteroatoms. The summed E-state index contributed by atoms with van der Waals surface area (Å²) in [5.41, 5.74) is 1.82. The Kier molecular flexibility index (Phi) is 7.71. The van der Waals surface area contributed by atoms with Crippen molar-refractivity contribution < 1.29 is 17.9 Å². The van der Waals surface area contributed by atoms with E-state index in [1.807, 2.05) is 13.8 Å². The van der Waals surface area contributed by atoms with Gasteiger partial charge in [0.1, 0.15) is 12.3 Å². The fraction of sp³-hybridized carbons (Fsp3) is 0.550. The lowest BCUT2D eigenvalue weighted by atomic mass is 9.97. The lowest BCUT2D eigenvalue weighted by molar-refractivity contribution is -0.119. The van der Waals surface area contributed by atoms with E-state index in [-0.39, 0.29) is 18.6 Å². The Morgan fingerprint density at radius 3 is 2.48 bits per heavy atom. The Labute approximate surface area is 162 Å². The zero-order valence-corrected chi connectivity index (χ0v) is 17.2. The third-order valence-corrected chi connectivity index (χ3v) is 5.48. The van der Waals surface area contributed by atoms with Crippen LogP contribution in [0.2, 0.25) is 0 Å². The second kappa shape index (κ2) is 9.78. The molecule has 0 unspecified atom stereocenters. The van der Waals surface area contributed by atoms with Gasteiger partial charge in [0.25, 0.3) is 0 Å². The quantitative estimate of drug-likeness (QED) is 0.653. The highest BCUT2D eigenvalue weighted by Crippen LogP contribution is 2.22. The number of allylic oxidation sites excluding steroid dienone is 1. The highest BCUT2D eigenvalue weighted by atomic mass is 32.2. The van der Waals surface area contributed by atoms with Crippen LogP contribution in [-0.2, 0) is 14.8 Å². The summed E-state index contributed by atoms with van der Waals surface area (Å²) in [7, 11) is -3.57. The van der Waals surface area contributed by atoms with Gasteiger partial charge in [-0.2, -0.15) is 0 Å². The third kappa shape index (κ3) is 7.25. The minimum Gasteiger partial charge on any atom is -0.491 e. The van der Waals surface area contributed by atoms with Crippen LogP contribution in [0.5, 0.6) is 5.75 Å². The number of nitrogens with zero attached hydrogens (tertiary/aromatic N) is 1. The normalized spacial score (nSPS) is 14.6. The van der Waals surface area contributed by atoms with Gasteiger partial charge in [-0.15, -0.1) is 0 Å². The van der Waals surface area contributed by atoms with Crippen molar-refractivity contribution in [1.82, 2.24) is 5.32 Å². The Hall–Kier alpha value is -2.02. The van der Waals surface area contributed by atoms with Crippen LogP contribution in [0, 0.1) is 0 Å². The van der Waals surface area contributed by atoms with Crippen molar-refractivity contribution in [3.05, 3.63) is 35.9 Å². The molecule has 0 atom stereocenters. The van der Waals surface area contributed by atoms with E-state index in [2.05, 4.69) is 11.4 Å². The lowest BCUT2D eigenvalue weighted by Gasteiger charge is -2.22. The minimum absolute atomic E-state index is 0.0342. The van der Waals surface area contributed by atoms with Gasteiger partial charge in [-0.1, -0.05) is 11.6 Å². The molecule has 1 aliphatic rings. The van der Waals surface area contributed by atoms with Crippen LogP contribution < -0.4 is 14.4 Å². The highest BCUT2D eigenvalue weighted by molar-refractivity contribution is 7.92. The fourth-order valence-electron chi connectivity index (χ4n) is 3.04. The molecule has 6 nitrogen and oxygen atoms in total. The monoisotopic (exact) mass is 394 g/mol. The van der Waals surface area contributed by atoms with E-state index in [0.717, 1.165) is 29.8 Å². The molecular weight excluding hydrogens is 364 g/mol. The van der Waals surface area contributed by atoms with Crippen LogP contribution in [0.4, 0.5) is 5.69 Å². The molecule has 0 saturated heterocycles. The Bertz CT molecular complexity index is 755. The van der Waals surface area contributed by atoms with Crippen molar-refractivity contribution in [2.45, 2.75) is 52.1 Å². The van der Waals surface area contributed by atoms with Crippen LogP contribution in [0.1, 0.15) is 46.0 Å². The number of hydrogen-bond donors (Lipinski definition) is 1. The molecule has 2 rings (SSSR count). The first-order valence-corrected chi connectivity index (χ1v) is 11.3. The number of sulfonamides is 1. The van der Waals surface area contributed by atoms with Gasteiger partial charge in [-0.05, 0) is 70.2 Å². The molecule has 1 amide bonds. The van der Waals surface area contributed by atoms with Crippen molar-refractivity contribution in [2.75, 3.05) is 23.7 Å². The molecule has 27 heavy (non-hydrogen) atoms. The second-order valence-corrected chi connectivity index (χ2v) is 9.05. The smallest absolute Gasteiger partial charge is 0.240 e. The molecule has 0 bridgehead atoms. The molecule has 1 aromatic rings. The van der Waals surface area contributed by atoms with Crippen LogP contribution in [0.25, 0.3) is 0 Å². The Morgan fingerprint density at radius 1 is 1.22 bits per heavy atom. The number of carbonyl (C=O) groups excluding carboxylic acids is 1. The lowest BCUT2D eigenvalue weighted by Crippen LogP contribution is -2.40. The van der Waals surface area contributed by atoms with Gasteiger partial charge in [0.05, 0.1) is 18.0 Å². The molecule has 0 radical (unpaired) electrons. The highest BCUT2D eigenvalue weighted by Gasteiger charge is 2.21. The maximum atomic E-state index is 12.3. The van der Waals surface area contributed by atoms with Crippen molar-refractivity contribution in [2.24, 2.45) is 0 Å². The van der Waals surface area contributed by atoms with Gasteiger partial charge in [0.2, 0.25) is 15.9 Å². The molecule has 0 aliphatic heterocycles. The molecule has 0 saturated carbocycles. The van der Waals surface area contributed by atoms with Crippen LogP contribution in [-0.4, -0.2) is 39.8 Å². The summed E-state index contributed by atoms with van der Waals surface area (Å²) in [5.74, 6) is 0.353.